The fourth-order valence-corrected chi connectivity index (χ4v) is 0.594. The molecule has 0 aliphatic carbocycles. The highest BCUT2D eigenvalue weighted by Crippen LogP contribution is 2.02. The van der Waals surface area contributed by atoms with Crippen LogP contribution in [0.25, 0.3) is 0 Å². The van der Waals surface area contributed by atoms with E-state index in [1.54, 1.807) is 13.8 Å². The molecule has 4 heteroatoms. The molecule has 1 atom stereocenters. The topological polar surface area (TPSA) is 59.3 Å². The van der Waals surface area contributed by atoms with Crippen LogP contribution in [0.3, 0.4) is 0 Å². The van der Waals surface area contributed by atoms with Gasteiger partial charge in [0.05, 0.1) is 6.07 Å². The van der Waals surface area contributed by atoms with Crippen molar-refractivity contribution in [2.45, 2.75) is 20.3 Å². The highest BCUT2D eigenvalue weighted by atomic mass is 16.7. The molecule has 0 aromatic heterocycles. The quantitative estimate of drug-likeness (QED) is 0.352. The zero-order chi connectivity index (χ0) is 9.40. The van der Waals surface area contributed by atoms with Crippen molar-refractivity contribution in [3.63, 3.8) is 0 Å². The SMILES string of the molecule is CCOCOC(=O)C(C#N)CC. The summed E-state index contributed by atoms with van der Waals surface area (Å²) >= 11 is 0. The lowest BCUT2D eigenvalue weighted by Gasteiger charge is -2.06. The number of carbonyl (C=O) groups excluding carboxylic acids is 1. The van der Waals surface area contributed by atoms with Crippen LogP contribution in [0, 0.1) is 17.2 Å². The number of rotatable bonds is 5. The molecule has 0 spiro atoms. The van der Waals surface area contributed by atoms with Crippen LogP contribution in [0.15, 0.2) is 0 Å². The molecular weight excluding hydrogens is 158 g/mol. The number of nitriles is 1. The van der Waals surface area contributed by atoms with Gasteiger partial charge in [-0.15, -0.1) is 0 Å². The second-order valence-electron chi connectivity index (χ2n) is 2.16. The van der Waals surface area contributed by atoms with Crippen molar-refractivity contribution in [1.29, 1.82) is 5.26 Å². The van der Waals surface area contributed by atoms with Crippen molar-refractivity contribution < 1.29 is 14.3 Å². The lowest BCUT2D eigenvalue weighted by atomic mass is 10.1. The Kier molecular flexibility index (Phi) is 6.02. The summed E-state index contributed by atoms with van der Waals surface area (Å²) in [5, 5.41) is 8.46. The predicted octanol–water partition coefficient (Wildman–Crippen LogP) is 1.07. The Morgan fingerprint density at radius 2 is 2.25 bits per heavy atom. The van der Waals surface area contributed by atoms with E-state index in [0.29, 0.717) is 13.0 Å². The molecule has 0 saturated heterocycles. The van der Waals surface area contributed by atoms with E-state index < -0.39 is 11.9 Å². The monoisotopic (exact) mass is 171 g/mol. The average molecular weight is 171 g/mol. The van der Waals surface area contributed by atoms with E-state index in [2.05, 4.69) is 4.74 Å². The predicted molar refractivity (Wildman–Crippen MR) is 42.0 cm³/mol. The third-order valence-corrected chi connectivity index (χ3v) is 1.34. The Balaban J connectivity index is 3.64. The van der Waals surface area contributed by atoms with Gasteiger partial charge in [0.1, 0.15) is 5.92 Å². The van der Waals surface area contributed by atoms with Gasteiger partial charge in [0.15, 0.2) is 6.79 Å². The van der Waals surface area contributed by atoms with Crippen LogP contribution in [0.5, 0.6) is 0 Å². The lowest BCUT2D eigenvalue weighted by Crippen LogP contribution is -2.17. The van der Waals surface area contributed by atoms with E-state index in [-0.39, 0.29) is 6.79 Å². The first-order chi connectivity index (χ1) is 5.76. The second kappa shape index (κ2) is 6.62. The average Bonchev–Trinajstić information content (AvgIpc) is 2.07. The molecule has 0 heterocycles. The Morgan fingerprint density at radius 3 is 2.67 bits per heavy atom. The van der Waals surface area contributed by atoms with Gasteiger partial charge in [0.25, 0.3) is 0 Å². The van der Waals surface area contributed by atoms with Crippen LogP contribution < -0.4 is 0 Å². The summed E-state index contributed by atoms with van der Waals surface area (Å²) in [6, 6.07) is 1.85. The van der Waals surface area contributed by atoms with Gasteiger partial charge in [-0.25, -0.2) is 0 Å². The molecule has 0 radical (unpaired) electrons. The summed E-state index contributed by atoms with van der Waals surface area (Å²) in [6.07, 6.45) is 0.474. The second-order valence-corrected chi connectivity index (χ2v) is 2.16. The van der Waals surface area contributed by atoms with E-state index in [0.717, 1.165) is 0 Å². The molecule has 0 rings (SSSR count). The van der Waals surface area contributed by atoms with Gasteiger partial charge in [0.2, 0.25) is 0 Å². The summed E-state index contributed by atoms with van der Waals surface area (Å²) < 4.78 is 9.43. The zero-order valence-electron chi connectivity index (χ0n) is 7.37. The maximum Gasteiger partial charge on any atom is 0.325 e. The fourth-order valence-electron chi connectivity index (χ4n) is 0.594. The van der Waals surface area contributed by atoms with Gasteiger partial charge < -0.3 is 9.47 Å². The van der Waals surface area contributed by atoms with Crippen LogP contribution in [0.2, 0.25) is 0 Å². The molecule has 0 aromatic rings. The number of ether oxygens (including phenoxy) is 2. The number of hydrogen-bond acceptors (Lipinski definition) is 4. The molecule has 0 bridgehead atoms. The van der Waals surface area contributed by atoms with Crippen LogP contribution in [-0.4, -0.2) is 19.4 Å². The van der Waals surface area contributed by atoms with Crippen LogP contribution in [0.4, 0.5) is 0 Å². The third kappa shape index (κ3) is 3.94. The Bertz CT molecular complexity index is 174. The minimum Gasteiger partial charge on any atom is -0.437 e. The van der Waals surface area contributed by atoms with E-state index in [1.807, 2.05) is 6.07 Å². The minimum atomic E-state index is -0.662. The van der Waals surface area contributed by atoms with E-state index in [1.165, 1.54) is 0 Å². The Morgan fingerprint density at radius 1 is 1.58 bits per heavy atom. The normalized spacial score (nSPS) is 11.8. The van der Waals surface area contributed by atoms with Crippen LogP contribution >= 0.6 is 0 Å². The lowest BCUT2D eigenvalue weighted by molar-refractivity contribution is -0.158. The van der Waals surface area contributed by atoms with Crippen molar-refractivity contribution in [3.8, 4) is 6.07 Å². The van der Waals surface area contributed by atoms with Crippen molar-refractivity contribution in [3.05, 3.63) is 0 Å². The largest absolute Gasteiger partial charge is 0.437 e. The number of nitrogens with zero attached hydrogens (tertiary/aromatic N) is 1. The first-order valence-electron chi connectivity index (χ1n) is 3.90. The molecule has 12 heavy (non-hydrogen) atoms. The number of carbonyl (C=O) groups is 1. The molecule has 0 amide bonds. The Labute approximate surface area is 72.1 Å². The summed E-state index contributed by atoms with van der Waals surface area (Å²) in [5.74, 6) is -1.17. The molecule has 0 aromatic carbocycles. The fraction of sp³-hybridized carbons (Fsp3) is 0.750. The van der Waals surface area contributed by atoms with Crippen molar-refractivity contribution in [2.24, 2.45) is 5.92 Å². The summed E-state index contributed by atoms with van der Waals surface area (Å²) in [7, 11) is 0. The zero-order valence-corrected chi connectivity index (χ0v) is 7.37. The van der Waals surface area contributed by atoms with Gasteiger partial charge in [-0.3, -0.25) is 4.79 Å². The minimum absolute atomic E-state index is 0.0620. The van der Waals surface area contributed by atoms with E-state index in [9.17, 15) is 4.79 Å². The molecule has 68 valence electrons. The standard InChI is InChI=1S/C8H13NO3/c1-3-7(5-9)8(10)12-6-11-4-2/h7H,3-4,6H2,1-2H3. The molecule has 0 aliphatic rings. The molecule has 1 unspecified atom stereocenters. The maximum atomic E-state index is 11.0. The van der Waals surface area contributed by atoms with Gasteiger partial charge in [-0.1, -0.05) is 6.92 Å². The highest BCUT2D eigenvalue weighted by molar-refractivity contribution is 5.74. The third-order valence-electron chi connectivity index (χ3n) is 1.34. The molecule has 4 nitrogen and oxygen atoms in total. The number of esters is 1. The van der Waals surface area contributed by atoms with Crippen LogP contribution in [0.1, 0.15) is 20.3 Å². The summed E-state index contributed by atoms with van der Waals surface area (Å²) in [4.78, 5) is 11.0. The highest BCUT2D eigenvalue weighted by Gasteiger charge is 2.16. The van der Waals surface area contributed by atoms with Gasteiger partial charge >= 0.3 is 5.97 Å². The van der Waals surface area contributed by atoms with E-state index in [4.69, 9.17) is 10.00 Å². The molecule has 0 fully saturated rings. The molecule has 0 saturated carbocycles. The van der Waals surface area contributed by atoms with E-state index >= 15 is 0 Å². The smallest absolute Gasteiger partial charge is 0.325 e. The summed E-state index contributed by atoms with van der Waals surface area (Å²) in [5.41, 5.74) is 0. The van der Waals surface area contributed by atoms with Crippen LogP contribution in [-0.2, 0) is 14.3 Å². The van der Waals surface area contributed by atoms with Crippen molar-refractivity contribution >= 4 is 5.97 Å². The molecular formula is C8H13NO3. The van der Waals surface area contributed by atoms with Crippen molar-refractivity contribution in [2.75, 3.05) is 13.4 Å². The van der Waals surface area contributed by atoms with Crippen molar-refractivity contribution in [1.82, 2.24) is 0 Å². The number of hydrogen-bond donors (Lipinski definition) is 0. The molecule has 0 aliphatic heterocycles. The first kappa shape index (κ1) is 10.9. The first-order valence-corrected chi connectivity index (χ1v) is 3.90. The maximum absolute atomic E-state index is 11.0. The Hall–Kier alpha value is -1.08. The molecule has 0 N–H and O–H groups in total. The van der Waals surface area contributed by atoms with Gasteiger partial charge in [-0.05, 0) is 13.3 Å². The summed E-state index contributed by atoms with van der Waals surface area (Å²) in [6.45, 7) is 4.00. The van der Waals surface area contributed by atoms with Gasteiger partial charge in [-0.2, -0.15) is 5.26 Å². The van der Waals surface area contributed by atoms with Gasteiger partial charge in [0, 0.05) is 6.61 Å².